The molecule has 108 valence electrons. The number of nitrogens with zero attached hydrogens (tertiary/aromatic N) is 1. The molecule has 0 aromatic heterocycles. The monoisotopic (exact) mass is 265 g/mol. The maximum atomic E-state index is 11.9. The number of terminal acetylenes is 1. The number of hydrogen-bond acceptors (Lipinski definition) is 3. The van der Waals surface area contributed by atoms with Gasteiger partial charge in [0.2, 0.25) is 5.91 Å². The van der Waals surface area contributed by atoms with Crippen molar-refractivity contribution in [3.05, 3.63) is 0 Å². The van der Waals surface area contributed by atoms with Crippen molar-refractivity contribution in [2.45, 2.75) is 45.7 Å². The summed E-state index contributed by atoms with van der Waals surface area (Å²) < 4.78 is 0. The summed E-state index contributed by atoms with van der Waals surface area (Å²) in [5.41, 5.74) is 0. The Hall–Kier alpha value is -1.05. The lowest BCUT2D eigenvalue weighted by Crippen LogP contribution is -2.50. The number of piperidine rings is 1. The molecule has 0 radical (unpaired) electrons. The molecular formula is C15H27N3O. The van der Waals surface area contributed by atoms with Crippen LogP contribution < -0.4 is 10.6 Å². The first-order valence-electron chi connectivity index (χ1n) is 7.23. The van der Waals surface area contributed by atoms with Gasteiger partial charge in [-0.15, -0.1) is 6.42 Å². The molecule has 1 aliphatic heterocycles. The molecule has 1 rings (SSSR count). The van der Waals surface area contributed by atoms with Gasteiger partial charge in [-0.2, -0.15) is 0 Å². The van der Waals surface area contributed by atoms with Crippen molar-refractivity contribution in [1.82, 2.24) is 15.5 Å². The quantitative estimate of drug-likeness (QED) is 0.699. The molecule has 19 heavy (non-hydrogen) atoms. The molecule has 4 heteroatoms. The predicted octanol–water partition coefficient (Wildman–Crippen LogP) is 0.834. The molecule has 0 spiro atoms. The number of carbonyl (C=O) groups is 1. The first-order chi connectivity index (χ1) is 9.04. The Balaban J connectivity index is 2.40. The summed E-state index contributed by atoms with van der Waals surface area (Å²) >= 11 is 0. The predicted molar refractivity (Wildman–Crippen MR) is 78.7 cm³/mol. The maximum absolute atomic E-state index is 11.9. The zero-order valence-corrected chi connectivity index (χ0v) is 12.4. The number of rotatable bonds is 6. The number of nitrogens with one attached hydrogen (secondary N) is 2. The minimum Gasteiger partial charge on any atom is -0.344 e. The van der Waals surface area contributed by atoms with Crippen molar-refractivity contribution in [2.75, 3.05) is 26.2 Å². The van der Waals surface area contributed by atoms with E-state index in [2.05, 4.69) is 35.3 Å². The molecule has 0 saturated carbocycles. The van der Waals surface area contributed by atoms with E-state index in [9.17, 15) is 4.79 Å². The summed E-state index contributed by atoms with van der Waals surface area (Å²) in [5, 5.41) is 6.25. The van der Waals surface area contributed by atoms with Gasteiger partial charge >= 0.3 is 0 Å². The number of likely N-dealkylation sites (tertiary alicyclic amines) is 1. The molecule has 2 atom stereocenters. The van der Waals surface area contributed by atoms with Crippen molar-refractivity contribution in [3.63, 3.8) is 0 Å². The molecule has 1 heterocycles. The first kappa shape index (κ1) is 16.0. The molecule has 0 bridgehead atoms. The standard InChI is InChI=1S/C15H27N3O/c1-5-8-16-15(19)13(4)18-9-6-7-14(11-18)10-17-12(2)3/h1,12-14,17H,6-11H2,2-4H3,(H,16,19). The molecule has 1 fully saturated rings. The average molecular weight is 265 g/mol. The van der Waals surface area contributed by atoms with Crippen molar-refractivity contribution in [1.29, 1.82) is 0 Å². The van der Waals surface area contributed by atoms with Crippen molar-refractivity contribution in [2.24, 2.45) is 5.92 Å². The van der Waals surface area contributed by atoms with Gasteiger partial charge in [0.15, 0.2) is 0 Å². The van der Waals surface area contributed by atoms with E-state index >= 15 is 0 Å². The lowest BCUT2D eigenvalue weighted by molar-refractivity contribution is -0.126. The molecule has 0 aliphatic carbocycles. The Bertz CT molecular complexity index is 322. The van der Waals surface area contributed by atoms with Gasteiger partial charge in [-0.25, -0.2) is 0 Å². The van der Waals surface area contributed by atoms with Gasteiger partial charge < -0.3 is 10.6 Å². The Labute approximate surface area is 117 Å². The zero-order valence-electron chi connectivity index (χ0n) is 12.4. The van der Waals surface area contributed by atoms with E-state index in [0.29, 0.717) is 18.5 Å². The molecule has 2 N–H and O–H groups in total. The van der Waals surface area contributed by atoms with E-state index in [0.717, 1.165) is 26.1 Å². The van der Waals surface area contributed by atoms with Gasteiger partial charge in [0.05, 0.1) is 12.6 Å². The topological polar surface area (TPSA) is 44.4 Å². The highest BCUT2D eigenvalue weighted by molar-refractivity contribution is 5.81. The fraction of sp³-hybridized carbons (Fsp3) is 0.800. The Morgan fingerprint density at radius 1 is 1.47 bits per heavy atom. The normalized spacial score (nSPS) is 21.9. The van der Waals surface area contributed by atoms with Crippen LogP contribution in [0, 0.1) is 18.3 Å². The van der Waals surface area contributed by atoms with Crippen LogP contribution in [0.25, 0.3) is 0 Å². The fourth-order valence-electron chi connectivity index (χ4n) is 2.47. The molecule has 1 saturated heterocycles. The van der Waals surface area contributed by atoms with Crippen LogP contribution >= 0.6 is 0 Å². The lowest BCUT2D eigenvalue weighted by Gasteiger charge is -2.36. The minimum absolute atomic E-state index is 0.0374. The van der Waals surface area contributed by atoms with Crippen LogP contribution in [0.15, 0.2) is 0 Å². The molecule has 2 unspecified atom stereocenters. The highest BCUT2D eigenvalue weighted by Crippen LogP contribution is 2.18. The average Bonchev–Trinajstić information content (AvgIpc) is 2.42. The molecule has 0 aromatic carbocycles. The van der Waals surface area contributed by atoms with E-state index in [4.69, 9.17) is 6.42 Å². The fourth-order valence-corrected chi connectivity index (χ4v) is 2.47. The summed E-state index contributed by atoms with van der Waals surface area (Å²) in [7, 11) is 0. The molecule has 4 nitrogen and oxygen atoms in total. The second kappa shape index (κ2) is 8.19. The van der Waals surface area contributed by atoms with Crippen LogP contribution in [0.4, 0.5) is 0 Å². The maximum Gasteiger partial charge on any atom is 0.237 e. The minimum atomic E-state index is -0.0878. The zero-order chi connectivity index (χ0) is 14.3. The van der Waals surface area contributed by atoms with Crippen LogP contribution in [-0.2, 0) is 4.79 Å². The van der Waals surface area contributed by atoms with E-state index in [1.807, 2.05) is 6.92 Å². The molecule has 0 aromatic rings. The van der Waals surface area contributed by atoms with Gasteiger partial charge in [-0.3, -0.25) is 9.69 Å². The molecule has 1 amide bonds. The third-order valence-electron chi connectivity index (χ3n) is 3.66. The highest BCUT2D eigenvalue weighted by atomic mass is 16.2. The van der Waals surface area contributed by atoms with Crippen molar-refractivity contribution >= 4 is 5.91 Å². The Kier molecular flexibility index (Phi) is 6.90. The van der Waals surface area contributed by atoms with E-state index in [1.165, 1.54) is 6.42 Å². The number of amides is 1. The van der Waals surface area contributed by atoms with Gasteiger partial charge in [-0.1, -0.05) is 19.8 Å². The summed E-state index contributed by atoms with van der Waals surface area (Å²) in [6.07, 6.45) is 7.57. The third kappa shape index (κ3) is 5.63. The number of carbonyl (C=O) groups excluding carboxylic acids is 1. The van der Waals surface area contributed by atoms with Crippen LogP contribution in [0.1, 0.15) is 33.6 Å². The lowest BCUT2D eigenvalue weighted by atomic mass is 9.96. The summed E-state index contributed by atoms with van der Waals surface area (Å²) in [4.78, 5) is 14.2. The highest BCUT2D eigenvalue weighted by Gasteiger charge is 2.26. The first-order valence-corrected chi connectivity index (χ1v) is 7.23. The van der Waals surface area contributed by atoms with Gasteiger partial charge in [0.25, 0.3) is 0 Å². The Morgan fingerprint density at radius 2 is 2.21 bits per heavy atom. The van der Waals surface area contributed by atoms with Crippen molar-refractivity contribution < 1.29 is 4.79 Å². The van der Waals surface area contributed by atoms with E-state index < -0.39 is 0 Å². The van der Waals surface area contributed by atoms with E-state index in [1.54, 1.807) is 0 Å². The second-order valence-corrected chi connectivity index (χ2v) is 5.66. The van der Waals surface area contributed by atoms with Crippen LogP contribution in [0.3, 0.4) is 0 Å². The van der Waals surface area contributed by atoms with Crippen LogP contribution in [-0.4, -0.2) is 49.1 Å². The van der Waals surface area contributed by atoms with E-state index in [-0.39, 0.29) is 11.9 Å². The van der Waals surface area contributed by atoms with Crippen LogP contribution in [0.2, 0.25) is 0 Å². The SMILES string of the molecule is C#CCNC(=O)C(C)N1CCCC(CNC(C)C)C1. The summed E-state index contributed by atoms with van der Waals surface area (Å²) in [6, 6.07) is 0.432. The van der Waals surface area contributed by atoms with Crippen molar-refractivity contribution in [3.8, 4) is 12.3 Å². The smallest absolute Gasteiger partial charge is 0.237 e. The largest absolute Gasteiger partial charge is 0.344 e. The van der Waals surface area contributed by atoms with Gasteiger partial charge in [0.1, 0.15) is 0 Å². The molecule has 1 aliphatic rings. The summed E-state index contributed by atoms with van der Waals surface area (Å²) in [6.45, 7) is 9.63. The number of hydrogen-bond donors (Lipinski definition) is 2. The third-order valence-corrected chi connectivity index (χ3v) is 3.66. The van der Waals surface area contributed by atoms with Gasteiger partial charge in [-0.05, 0) is 38.8 Å². The van der Waals surface area contributed by atoms with Gasteiger partial charge in [0, 0.05) is 12.6 Å². The summed E-state index contributed by atoms with van der Waals surface area (Å²) in [5.74, 6) is 3.11. The molecular weight excluding hydrogens is 238 g/mol. The van der Waals surface area contributed by atoms with Crippen LogP contribution in [0.5, 0.6) is 0 Å². The Morgan fingerprint density at radius 3 is 2.84 bits per heavy atom. The second-order valence-electron chi connectivity index (χ2n) is 5.66.